The summed E-state index contributed by atoms with van der Waals surface area (Å²) in [5.74, 6) is 0.683. The Labute approximate surface area is 110 Å². The number of aromatic hydroxyl groups is 1. The molecule has 0 spiro atoms. The van der Waals surface area contributed by atoms with Crippen LogP contribution in [-0.2, 0) is 0 Å². The van der Waals surface area contributed by atoms with Crippen molar-refractivity contribution in [2.24, 2.45) is 0 Å². The molecule has 0 fully saturated rings. The third-order valence-electron chi connectivity index (χ3n) is 2.74. The van der Waals surface area contributed by atoms with Crippen molar-refractivity contribution in [3.63, 3.8) is 0 Å². The van der Waals surface area contributed by atoms with Crippen LogP contribution in [0.5, 0.6) is 5.75 Å². The number of thioether (sulfide) groups is 1. The zero-order valence-corrected chi connectivity index (χ0v) is 11.0. The van der Waals surface area contributed by atoms with Crippen LogP contribution < -0.4 is 5.32 Å². The molecule has 2 aromatic carbocycles. The fraction of sp³-hybridized carbons (Fsp3) is 0.214. The standard InChI is InChI=1S/C14H15NO2S/c1-18-9-8-15-14(17)12-7-6-10-4-2-3-5-11(10)13(12)16/h2-7,16H,8-9H2,1H3,(H,15,17). The number of hydrogen-bond donors (Lipinski definition) is 2. The van der Waals surface area contributed by atoms with Gasteiger partial charge in [-0.05, 0) is 17.7 Å². The van der Waals surface area contributed by atoms with Gasteiger partial charge in [0.05, 0.1) is 5.56 Å². The van der Waals surface area contributed by atoms with Gasteiger partial charge >= 0.3 is 0 Å². The molecule has 4 heteroatoms. The molecule has 0 aliphatic carbocycles. The molecule has 0 unspecified atom stereocenters. The predicted molar refractivity (Wildman–Crippen MR) is 76.3 cm³/mol. The number of amides is 1. The number of hydrogen-bond acceptors (Lipinski definition) is 3. The molecule has 1 amide bonds. The molecular weight excluding hydrogens is 246 g/mol. The lowest BCUT2D eigenvalue weighted by Crippen LogP contribution is -2.25. The highest BCUT2D eigenvalue weighted by molar-refractivity contribution is 7.98. The van der Waals surface area contributed by atoms with E-state index in [4.69, 9.17) is 0 Å². The van der Waals surface area contributed by atoms with Crippen molar-refractivity contribution in [3.8, 4) is 5.75 Å². The van der Waals surface area contributed by atoms with Crippen LogP contribution in [0.2, 0.25) is 0 Å². The fourth-order valence-corrected chi connectivity index (χ4v) is 2.11. The topological polar surface area (TPSA) is 49.3 Å². The number of carbonyl (C=O) groups is 1. The first kappa shape index (κ1) is 12.8. The summed E-state index contributed by atoms with van der Waals surface area (Å²) in [4.78, 5) is 11.9. The van der Waals surface area contributed by atoms with Gasteiger partial charge in [-0.1, -0.05) is 30.3 Å². The van der Waals surface area contributed by atoms with Gasteiger partial charge in [-0.25, -0.2) is 0 Å². The van der Waals surface area contributed by atoms with Crippen LogP contribution in [0.3, 0.4) is 0 Å². The first-order valence-corrected chi connectivity index (χ1v) is 7.11. The SMILES string of the molecule is CSCCNC(=O)c1ccc2ccccc2c1O. The molecule has 0 aliphatic heterocycles. The first-order chi connectivity index (χ1) is 8.74. The van der Waals surface area contributed by atoms with E-state index in [1.165, 1.54) is 0 Å². The highest BCUT2D eigenvalue weighted by Crippen LogP contribution is 2.28. The van der Waals surface area contributed by atoms with Gasteiger partial charge in [0.25, 0.3) is 5.91 Å². The van der Waals surface area contributed by atoms with Crippen LogP contribution >= 0.6 is 11.8 Å². The van der Waals surface area contributed by atoms with E-state index < -0.39 is 0 Å². The minimum absolute atomic E-state index is 0.0507. The summed E-state index contributed by atoms with van der Waals surface area (Å²) in [6.07, 6.45) is 1.99. The summed E-state index contributed by atoms with van der Waals surface area (Å²) in [7, 11) is 0. The quantitative estimate of drug-likeness (QED) is 0.832. The maximum atomic E-state index is 11.9. The van der Waals surface area contributed by atoms with Crippen LogP contribution in [0, 0.1) is 0 Å². The maximum Gasteiger partial charge on any atom is 0.255 e. The normalized spacial score (nSPS) is 10.5. The Bertz CT molecular complexity index is 569. The lowest BCUT2D eigenvalue weighted by atomic mass is 10.0. The average Bonchev–Trinajstić information content (AvgIpc) is 2.39. The van der Waals surface area contributed by atoms with Gasteiger partial charge < -0.3 is 10.4 Å². The molecule has 94 valence electrons. The Hall–Kier alpha value is -1.68. The Morgan fingerprint density at radius 2 is 2.06 bits per heavy atom. The number of fused-ring (bicyclic) bond motifs is 1. The van der Waals surface area contributed by atoms with Gasteiger partial charge in [-0.2, -0.15) is 11.8 Å². The van der Waals surface area contributed by atoms with Crippen molar-refractivity contribution < 1.29 is 9.90 Å². The molecule has 0 bridgehead atoms. The molecule has 0 saturated carbocycles. The molecule has 2 aromatic rings. The molecule has 0 heterocycles. The molecule has 3 nitrogen and oxygen atoms in total. The number of rotatable bonds is 4. The largest absolute Gasteiger partial charge is 0.506 e. The molecule has 0 atom stereocenters. The van der Waals surface area contributed by atoms with Crippen molar-refractivity contribution in [1.82, 2.24) is 5.32 Å². The van der Waals surface area contributed by atoms with Gasteiger partial charge in [0.15, 0.2) is 0 Å². The minimum atomic E-state index is -0.229. The fourth-order valence-electron chi connectivity index (χ4n) is 1.80. The average molecular weight is 261 g/mol. The van der Waals surface area contributed by atoms with E-state index in [0.717, 1.165) is 11.1 Å². The Morgan fingerprint density at radius 1 is 1.28 bits per heavy atom. The third kappa shape index (κ3) is 2.59. The number of carbonyl (C=O) groups excluding carboxylic acids is 1. The highest BCUT2D eigenvalue weighted by atomic mass is 32.2. The van der Waals surface area contributed by atoms with Crippen molar-refractivity contribution in [3.05, 3.63) is 42.0 Å². The van der Waals surface area contributed by atoms with Crippen LogP contribution in [-0.4, -0.2) is 29.6 Å². The van der Waals surface area contributed by atoms with Crippen LogP contribution in [0.25, 0.3) is 10.8 Å². The van der Waals surface area contributed by atoms with Crippen molar-refractivity contribution in [2.75, 3.05) is 18.6 Å². The van der Waals surface area contributed by atoms with Crippen LogP contribution in [0.1, 0.15) is 10.4 Å². The van der Waals surface area contributed by atoms with Crippen LogP contribution in [0.4, 0.5) is 0 Å². The van der Waals surface area contributed by atoms with Crippen LogP contribution in [0.15, 0.2) is 36.4 Å². The van der Waals surface area contributed by atoms with Crippen molar-refractivity contribution >= 4 is 28.4 Å². The number of phenols is 1. The maximum absolute atomic E-state index is 11.9. The molecule has 18 heavy (non-hydrogen) atoms. The predicted octanol–water partition coefficient (Wildman–Crippen LogP) is 2.64. The molecule has 0 aromatic heterocycles. The van der Waals surface area contributed by atoms with Crippen molar-refractivity contribution in [1.29, 1.82) is 0 Å². The zero-order chi connectivity index (χ0) is 13.0. The van der Waals surface area contributed by atoms with Gasteiger partial charge in [-0.3, -0.25) is 4.79 Å². The van der Waals surface area contributed by atoms with Gasteiger partial charge in [0, 0.05) is 17.7 Å². The Kier molecular flexibility index (Phi) is 4.10. The molecule has 0 aliphatic rings. The molecule has 2 rings (SSSR count). The van der Waals surface area contributed by atoms with Crippen molar-refractivity contribution in [2.45, 2.75) is 0 Å². The summed E-state index contributed by atoms with van der Waals surface area (Å²) in [5, 5.41) is 14.5. The molecule has 0 radical (unpaired) electrons. The number of benzene rings is 2. The van der Waals surface area contributed by atoms with E-state index in [1.54, 1.807) is 17.8 Å². The highest BCUT2D eigenvalue weighted by Gasteiger charge is 2.12. The second kappa shape index (κ2) is 5.78. The Morgan fingerprint density at radius 3 is 2.83 bits per heavy atom. The number of phenolic OH excluding ortho intramolecular Hbond substituents is 1. The molecule has 0 saturated heterocycles. The zero-order valence-electron chi connectivity index (χ0n) is 10.1. The summed E-state index contributed by atoms with van der Waals surface area (Å²) >= 11 is 1.67. The monoisotopic (exact) mass is 261 g/mol. The first-order valence-electron chi connectivity index (χ1n) is 5.72. The van der Waals surface area contributed by atoms with Gasteiger partial charge in [-0.15, -0.1) is 0 Å². The summed E-state index contributed by atoms with van der Waals surface area (Å²) in [6.45, 7) is 0.603. The molecule has 2 N–H and O–H groups in total. The third-order valence-corrected chi connectivity index (χ3v) is 3.35. The van der Waals surface area contributed by atoms with Gasteiger partial charge in [0.1, 0.15) is 5.75 Å². The van der Waals surface area contributed by atoms with E-state index in [-0.39, 0.29) is 11.7 Å². The summed E-state index contributed by atoms with van der Waals surface area (Å²) in [6, 6.07) is 11.0. The van der Waals surface area contributed by atoms with E-state index in [9.17, 15) is 9.90 Å². The smallest absolute Gasteiger partial charge is 0.255 e. The van der Waals surface area contributed by atoms with E-state index in [2.05, 4.69) is 5.32 Å². The second-order valence-electron chi connectivity index (χ2n) is 3.93. The van der Waals surface area contributed by atoms with E-state index in [1.807, 2.05) is 36.6 Å². The lowest BCUT2D eigenvalue weighted by Gasteiger charge is -2.08. The lowest BCUT2D eigenvalue weighted by molar-refractivity contribution is 0.0954. The summed E-state index contributed by atoms with van der Waals surface area (Å²) in [5.41, 5.74) is 0.329. The summed E-state index contributed by atoms with van der Waals surface area (Å²) < 4.78 is 0. The van der Waals surface area contributed by atoms with E-state index in [0.29, 0.717) is 17.5 Å². The van der Waals surface area contributed by atoms with E-state index >= 15 is 0 Å². The number of nitrogens with one attached hydrogen (secondary N) is 1. The minimum Gasteiger partial charge on any atom is -0.506 e. The van der Waals surface area contributed by atoms with Gasteiger partial charge in [0.2, 0.25) is 0 Å². The Balaban J connectivity index is 2.28. The molecular formula is C14H15NO2S. The second-order valence-corrected chi connectivity index (χ2v) is 4.92.